The first-order valence-electron chi connectivity index (χ1n) is 7.88. The average Bonchev–Trinajstić information content (AvgIpc) is 3.01. The Morgan fingerprint density at radius 1 is 1.19 bits per heavy atom. The number of nitrogens with zero attached hydrogens (tertiary/aromatic N) is 2. The molecule has 0 spiro atoms. The third-order valence-electron chi connectivity index (χ3n) is 4.41. The van der Waals surface area contributed by atoms with Crippen molar-refractivity contribution in [2.75, 3.05) is 0 Å². The zero-order chi connectivity index (χ0) is 18.4. The van der Waals surface area contributed by atoms with E-state index in [0.29, 0.717) is 45.3 Å². The van der Waals surface area contributed by atoms with Crippen molar-refractivity contribution in [1.29, 1.82) is 0 Å². The number of benzene rings is 2. The smallest absolute Gasteiger partial charge is 0.335 e. The number of hydrogen-bond acceptors (Lipinski definition) is 3. The molecular weight excluding hydrogens is 375 g/mol. The first-order valence-corrected chi connectivity index (χ1v) is 8.64. The van der Waals surface area contributed by atoms with Crippen LogP contribution in [0, 0.1) is 0 Å². The Morgan fingerprint density at radius 2 is 1.92 bits per heavy atom. The van der Waals surface area contributed by atoms with Gasteiger partial charge in [-0.25, -0.2) is 9.78 Å². The molecule has 0 atom stereocenters. The summed E-state index contributed by atoms with van der Waals surface area (Å²) in [5.41, 5.74) is 1.77. The molecule has 0 unspecified atom stereocenters. The van der Waals surface area contributed by atoms with Crippen LogP contribution in [0.4, 0.5) is 0 Å². The Hall–Kier alpha value is -2.63. The van der Waals surface area contributed by atoms with Crippen molar-refractivity contribution in [3.05, 3.63) is 73.7 Å². The fraction of sp³-hybridized carbons (Fsp3) is 0.105. The molecule has 0 amide bonds. The Kier molecular flexibility index (Phi) is 4.05. The minimum Gasteiger partial charge on any atom is -0.478 e. The number of rotatable bonds is 2. The summed E-state index contributed by atoms with van der Waals surface area (Å²) >= 11 is 12.5. The van der Waals surface area contributed by atoms with Gasteiger partial charge in [0.2, 0.25) is 0 Å². The predicted molar refractivity (Wildman–Crippen MR) is 102 cm³/mol. The lowest BCUT2D eigenvalue weighted by atomic mass is 10.1. The van der Waals surface area contributed by atoms with Crippen LogP contribution in [0.5, 0.6) is 0 Å². The van der Waals surface area contributed by atoms with Crippen LogP contribution >= 0.6 is 23.2 Å². The van der Waals surface area contributed by atoms with Gasteiger partial charge in [-0.3, -0.25) is 9.36 Å². The second-order valence-corrected chi connectivity index (χ2v) is 6.80. The van der Waals surface area contributed by atoms with Crippen molar-refractivity contribution >= 4 is 51.7 Å². The molecule has 1 aromatic heterocycles. The molecule has 0 saturated carbocycles. The lowest BCUT2D eigenvalue weighted by molar-refractivity contribution is 0.0697. The molecule has 26 heavy (non-hydrogen) atoms. The minimum absolute atomic E-state index is 0.0898. The summed E-state index contributed by atoms with van der Waals surface area (Å²) in [6.07, 6.45) is 2.45. The molecule has 1 N–H and O–H groups in total. The summed E-state index contributed by atoms with van der Waals surface area (Å²) in [6.45, 7) is 0.506. The van der Waals surface area contributed by atoms with Crippen LogP contribution in [0.1, 0.15) is 28.2 Å². The Labute approximate surface area is 158 Å². The number of halogens is 2. The third kappa shape index (κ3) is 2.69. The maximum Gasteiger partial charge on any atom is 0.335 e. The van der Waals surface area contributed by atoms with E-state index in [9.17, 15) is 9.59 Å². The molecule has 0 aliphatic carbocycles. The zero-order valence-electron chi connectivity index (χ0n) is 13.4. The maximum atomic E-state index is 12.7. The van der Waals surface area contributed by atoms with E-state index in [1.54, 1.807) is 22.8 Å². The van der Waals surface area contributed by atoms with Crippen molar-refractivity contribution in [2.24, 2.45) is 0 Å². The highest BCUT2D eigenvalue weighted by molar-refractivity contribution is 6.37. The number of carboxylic acid groups (broad SMARTS) is 1. The van der Waals surface area contributed by atoms with Gasteiger partial charge in [0.25, 0.3) is 5.56 Å². The van der Waals surface area contributed by atoms with Crippen LogP contribution in [-0.4, -0.2) is 20.6 Å². The summed E-state index contributed by atoms with van der Waals surface area (Å²) in [4.78, 5) is 28.5. The Morgan fingerprint density at radius 3 is 2.62 bits per heavy atom. The summed E-state index contributed by atoms with van der Waals surface area (Å²) < 4.78 is 1.60. The molecule has 2 heterocycles. The van der Waals surface area contributed by atoms with Crippen molar-refractivity contribution in [3.63, 3.8) is 0 Å². The van der Waals surface area contributed by atoms with E-state index in [1.807, 2.05) is 6.08 Å². The van der Waals surface area contributed by atoms with E-state index in [4.69, 9.17) is 28.3 Å². The molecule has 2 aromatic carbocycles. The highest BCUT2D eigenvalue weighted by Gasteiger charge is 2.22. The molecular formula is C19H12Cl2N2O3. The van der Waals surface area contributed by atoms with Crippen LogP contribution in [0.25, 0.3) is 22.6 Å². The maximum absolute atomic E-state index is 12.7. The number of carbonyl (C=O) groups is 1. The number of hydrogen-bond donors (Lipinski definition) is 1. The summed E-state index contributed by atoms with van der Waals surface area (Å²) in [5, 5.41) is 10.6. The fourth-order valence-corrected chi connectivity index (χ4v) is 3.62. The molecule has 0 fully saturated rings. The van der Waals surface area contributed by atoms with Gasteiger partial charge >= 0.3 is 5.97 Å². The standard InChI is InChI=1S/C19H12Cl2N2O3/c20-14-2-1-3-15(21)13(14)8-10-6-7-23-17(10)22-16-9-11(19(25)26)4-5-12(16)18(23)24/h1-5,8-9H,6-7H2,(H,25,26)/b10-8+. The molecule has 4 rings (SSSR count). The number of aromatic nitrogens is 2. The molecule has 5 nitrogen and oxygen atoms in total. The van der Waals surface area contributed by atoms with E-state index in [2.05, 4.69) is 4.98 Å². The number of aromatic carboxylic acids is 1. The van der Waals surface area contributed by atoms with Gasteiger partial charge < -0.3 is 5.11 Å². The van der Waals surface area contributed by atoms with Crippen LogP contribution < -0.4 is 5.56 Å². The highest BCUT2D eigenvalue weighted by atomic mass is 35.5. The molecule has 0 bridgehead atoms. The van der Waals surface area contributed by atoms with Gasteiger partial charge in [-0.2, -0.15) is 0 Å². The van der Waals surface area contributed by atoms with Gasteiger partial charge in [-0.05, 0) is 48.4 Å². The first kappa shape index (κ1) is 16.8. The summed E-state index contributed by atoms with van der Waals surface area (Å²) in [6, 6.07) is 9.59. The van der Waals surface area contributed by atoms with E-state index >= 15 is 0 Å². The molecule has 3 aromatic rings. The van der Waals surface area contributed by atoms with E-state index in [0.717, 1.165) is 5.57 Å². The zero-order valence-corrected chi connectivity index (χ0v) is 14.9. The number of allylic oxidation sites excluding steroid dienone is 1. The third-order valence-corrected chi connectivity index (χ3v) is 5.07. The summed E-state index contributed by atoms with van der Waals surface area (Å²) in [7, 11) is 0. The normalized spacial score (nSPS) is 14.8. The predicted octanol–water partition coefficient (Wildman–Crippen LogP) is 4.35. The Balaban J connectivity index is 1.93. The van der Waals surface area contributed by atoms with Gasteiger partial charge in [0.05, 0.1) is 16.5 Å². The molecule has 7 heteroatoms. The first-order chi connectivity index (χ1) is 12.5. The molecule has 1 aliphatic heterocycles. The number of carboxylic acids is 1. The second-order valence-electron chi connectivity index (χ2n) is 5.98. The van der Waals surface area contributed by atoms with E-state index < -0.39 is 5.97 Å². The summed E-state index contributed by atoms with van der Waals surface area (Å²) in [5.74, 6) is -0.547. The van der Waals surface area contributed by atoms with Crippen LogP contribution in [0.3, 0.4) is 0 Å². The van der Waals surface area contributed by atoms with Gasteiger partial charge in [-0.15, -0.1) is 0 Å². The lowest BCUT2D eigenvalue weighted by Gasteiger charge is -2.07. The van der Waals surface area contributed by atoms with Crippen molar-refractivity contribution < 1.29 is 9.90 Å². The van der Waals surface area contributed by atoms with Crippen LogP contribution in [-0.2, 0) is 6.54 Å². The quantitative estimate of drug-likeness (QED) is 0.710. The molecule has 0 saturated heterocycles. The monoisotopic (exact) mass is 386 g/mol. The van der Waals surface area contributed by atoms with E-state index in [1.165, 1.54) is 18.2 Å². The van der Waals surface area contributed by atoms with Gasteiger partial charge in [-0.1, -0.05) is 29.3 Å². The average molecular weight is 387 g/mol. The lowest BCUT2D eigenvalue weighted by Crippen LogP contribution is -2.21. The Bertz CT molecular complexity index is 1150. The van der Waals surface area contributed by atoms with Gasteiger partial charge in [0, 0.05) is 22.2 Å². The fourth-order valence-electron chi connectivity index (χ4n) is 3.11. The SMILES string of the molecule is O=C(O)c1ccc2c(=O)n3c(nc2c1)/C(=C/c1c(Cl)cccc1Cl)CC3. The van der Waals surface area contributed by atoms with Crippen LogP contribution in [0.2, 0.25) is 10.0 Å². The van der Waals surface area contributed by atoms with Crippen molar-refractivity contribution in [1.82, 2.24) is 9.55 Å². The van der Waals surface area contributed by atoms with Crippen molar-refractivity contribution in [3.8, 4) is 0 Å². The largest absolute Gasteiger partial charge is 0.478 e. The number of fused-ring (bicyclic) bond motifs is 2. The minimum atomic E-state index is -1.06. The highest BCUT2D eigenvalue weighted by Crippen LogP contribution is 2.32. The van der Waals surface area contributed by atoms with Gasteiger partial charge in [0.1, 0.15) is 5.82 Å². The molecule has 130 valence electrons. The molecule has 0 radical (unpaired) electrons. The van der Waals surface area contributed by atoms with Crippen LogP contribution in [0.15, 0.2) is 41.2 Å². The molecule has 1 aliphatic rings. The van der Waals surface area contributed by atoms with E-state index in [-0.39, 0.29) is 11.1 Å². The second kappa shape index (κ2) is 6.27. The van der Waals surface area contributed by atoms with Crippen molar-refractivity contribution in [2.45, 2.75) is 13.0 Å². The van der Waals surface area contributed by atoms with Gasteiger partial charge in [0.15, 0.2) is 0 Å². The topological polar surface area (TPSA) is 72.2 Å².